The molecule has 1 unspecified atom stereocenters. The minimum absolute atomic E-state index is 0.255. The van der Waals surface area contributed by atoms with Crippen LogP contribution in [-0.4, -0.2) is 32.4 Å². The van der Waals surface area contributed by atoms with E-state index in [0.29, 0.717) is 19.8 Å². The Kier molecular flexibility index (Phi) is 18.4. The predicted octanol–water partition coefficient (Wildman–Crippen LogP) is 6.84. The lowest BCUT2D eigenvalue weighted by molar-refractivity contribution is -0.403. The van der Waals surface area contributed by atoms with Gasteiger partial charge in [0.15, 0.2) is 0 Å². The van der Waals surface area contributed by atoms with E-state index >= 15 is 0 Å². The molecular formula is C23H46O4. The van der Waals surface area contributed by atoms with Crippen LogP contribution in [-0.2, 0) is 18.9 Å². The van der Waals surface area contributed by atoms with E-state index in [0.717, 1.165) is 32.3 Å². The lowest BCUT2D eigenvalue weighted by Crippen LogP contribution is -2.46. The highest BCUT2D eigenvalue weighted by Gasteiger charge is 2.41. The number of unbranched alkanes of at least 4 members (excludes halogenated alkanes) is 6. The molecule has 0 amide bonds. The number of hydrogen-bond acceptors (Lipinski definition) is 4. The monoisotopic (exact) mass is 386 g/mol. The first-order valence-electron chi connectivity index (χ1n) is 11.3. The van der Waals surface area contributed by atoms with Gasteiger partial charge in [-0.2, -0.15) is 0 Å². The number of allylic oxidation sites excluding steroid dienone is 1. The summed E-state index contributed by atoms with van der Waals surface area (Å²) in [6.07, 6.45) is 15.7. The second-order valence-electron chi connectivity index (χ2n) is 6.99. The Morgan fingerprint density at radius 3 is 1.74 bits per heavy atom. The highest BCUT2D eigenvalue weighted by Crippen LogP contribution is 2.34. The summed E-state index contributed by atoms with van der Waals surface area (Å²) < 4.78 is 23.7. The van der Waals surface area contributed by atoms with Gasteiger partial charge in [-0.05, 0) is 53.4 Å². The fourth-order valence-corrected chi connectivity index (χ4v) is 3.49. The topological polar surface area (TPSA) is 36.9 Å². The molecule has 0 heterocycles. The van der Waals surface area contributed by atoms with Crippen LogP contribution in [0.15, 0.2) is 12.3 Å². The van der Waals surface area contributed by atoms with Crippen LogP contribution in [0.1, 0.15) is 98.8 Å². The molecule has 0 aromatic heterocycles. The van der Waals surface area contributed by atoms with Gasteiger partial charge >= 0.3 is 0 Å². The molecule has 0 N–H and O–H groups in total. The Labute approximate surface area is 169 Å². The molecule has 0 fully saturated rings. The Balaban J connectivity index is 4.76. The molecule has 4 nitrogen and oxygen atoms in total. The molecule has 27 heavy (non-hydrogen) atoms. The van der Waals surface area contributed by atoms with Crippen LogP contribution in [0.25, 0.3) is 0 Å². The molecule has 0 rings (SSSR count). The summed E-state index contributed by atoms with van der Waals surface area (Å²) in [7, 11) is 0. The Morgan fingerprint density at radius 1 is 0.704 bits per heavy atom. The lowest BCUT2D eigenvalue weighted by atomic mass is 9.92. The zero-order chi connectivity index (χ0) is 20.2. The van der Waals surface area contributed by atoms with Crippen molar-refractivity contribution >= 4 is 0 Å². The third-order valence-electron chi connectivity index (χ3n) is 4.74. The van der Waals surface area contributed by atoms with Crippen LogP contribution < -0.4 is 0 Å². The maximum atomic E-state index is 6.08. The minimum atomic E-state index is -0.897. The second kappa shape index (κ2) is 18.8. The van der Waals surface area contributed by atoms with E-state index in [1.165, 1.54) is 38.5 Å². The van der Waals surface area contributed by atoms with Crippen molar-refractivity contribution in [2.75, 3.05) is 26.4 Å². The van der Waals surface area contributed by atoms with Gasteiger partial charge in [-0.1, -0.05) is 51.5 Å². The summed E-state index contributed by atoms with van der Waals surface area (Å²) in [5.41, 5.74) is 0. The van der Waals surface area contributed by atoms with Crippen LogP contribution in [0, 0.1) is 5.92 Å². The van der Waals surface area contributed by atoms with Crippen LogP contribution in [0.2, 0.25) is 0 Å². The molecule has 0 bridgehead atoms. The van der Waals surface area contributed by atoms with Gasteiger partial charge in [-0.25, -0.2) is 0 Å². The summed E-state index contributed by atoms with van der Waals surface area (Å²) in [6.45, 7) is 12.8. The van der Waals surface area contributed by atoms with E-state index < -0.39 is 5.97 Å². The molecule has 0 radical (unpaired) electrons. The van der Waals surface area contributed by atoms with E-state index in [4.69, 9.17) is 18.9 Å². The van der Waals surface area contributed by atoms with Crippen molar-refractivity contribution in [3.8, 4) is 0 Å². The van der Waals surface area contributed by atoms with E-state index in [-0.39, 0.29) is 5.92 Å². The average Bonchev–Trinajstić information content (AvgIpc) is 2.66. The van der Waals surface area contributed by atoms with Crippen molar-refractivity contribution in [1.29, 1.82) is 0 Å². The molecule has 0 spiro atoms. The van der Waals surface area contributed by atoms with E-state index in [1.807, 2.05) is 33.8 Å². The van der Waals surface area contributed by atoms with Gasteiger partial charge in [-0.15, -0.1) is 0 Å². The lowest BCUT2D eigenvalue weighted by Gasteiger charge is -2.39. The predicted molar refractivity (Wildman–Crippen MR) is 114 cm³/mol. The van der Waals surface area contributed by atoms with Crippen molar-refractivity contribution < 1.29 is 18.9 Å². The minimum Gasteiger partial charge on any atom is -0.502 e. The first-order valence-corrected chi connectivity index (χ1v) is 11.3. The van der Waals surface area contributed by atoms with Crippen LogP contribution in [0.3, 0.4) is 0 Å². The van der Waals surface area contributed by atoms with Gasteiger partial charge in [0.1, 0.15) is 0 Å². The van der Waals surface area contributed by atoms with Gasteiger partial charge < -0.3 is 18.9 Å². The van der Waals surface area contributed by atoms with Gasteiger partial charge in [0.25, 0.3) is 5.97 Å². The highest BCUT2D eigenvalue weighted by atomic mass is 16.9. The SMILES string of the molecule is CC=COCCCCC(CCCCCCCC)C(OCC)(OCC)OCC. The van der Waals surface area contributed by atoms with Gasteiger partial charge in [0.05, 0.1) is 12.9 Å². The Hall–Kier alpha value is -0.580. The van der Waals surface area contributed by atoms with Crippen molar-refractivity contribution in [2.45, 2.75) is 105 Å². The van der Waals surface area contributed by atoms with Gasteiger partial charge in [0, 0.05) is 25.7 Å². The summed E-state index contributed by atoms with van der Waals surface area (Å²) >= 11 is 0. The molecule has 0 saturated carbocycles. The Morgan fingerprint density at radius 2 is 1.22 bits per heavy atom. The van der Waals surface area contributed by atoms with E-state index in [1.54, 1.807) is 6.26 Å². The second-order valence-corrected chi connectivity index (χ2v) is 6.99. The van der Waals surface area contributed by atoms with Crippen LogP contribution >= 0.6 is 0 Å². The quantitative estimate of drug-likeness (QED) is 0.130. The number of ether oxygens (including phenoxy) is 4. The van der Waals surface area contributed by atoms with Crippen LogP contribution in [0.4, 0.5) is 0 Å². The molecule has 0 saturated heterocycles. The Bertz CT molecular complexity index is 313. The first-order chi connectivity index (χ1) is 13.2. The normalized spacial score (nSPS) is 13.4. The van der Waals surface area contributed by atoms with Crippen molar-refractivity contribution in [3.63, 3.8) is 0 Å². The number of hydrogen-bond donors (Lipinski definition) is 0. The van der Waals surface area contributed by atoms with Crippen LogP contribution in [0.5, 0.6) is 0 Å². The molecule has 0 aromatic carbocycles. The smallest absolute Gasteiger partial charge is 0.285 e. The molecule has 1 atom stereocenters. The maximum Gasteiger partial charge on any atom is 0.285 e. The van der Waals surface area contributed by atoms with Crippen molar-refractivity contribution in [1.82, 2.24) is 0 Å². The summed E-state index contributed by atoms with van der Waals surface area (Å²) in [5, 5.41) is 0. The van der Waals surface area contributed by atoms with Crippen molar-refractivity contribution in [2.24, 2.45) is 5.92 Å². The van der Waals surface area contributed by atoms with E-state index in [9.17, 15) is 0 Å². The average molecular weight is 387 g/mol. The maximum absolute atomic E-state index is 6.08. The zero-order valence-corrected chi connectivity index (χ0v) is 18.8. The summed E-state index contributed by atoms with van der Waals surface area (Å²) in [5.74, 6) is -0.642. The van der Waals surface area contributed by atoms with Gasteiger partial charge in [0.2, 0.25) is 0 Å². The fraction of sp³-hybridized carbons (Fsp3) is 0.913. The first kappa shape index (κ1) is 26.4. The van der Waals surface area contributed by atoms with Gasteiger partial charge in [-0.3, -0.25) is 0 Å². The number of rotatable bonds is 20. The summed E-state index contributed by atoms with van der Waals surface area (Å²) in [6, 6.07) is 0. The third-order valence-corrected chi connectivity index (χ3v) is 4.74. The largest absolute Gasteiger partial charge is 0.502 e. The summed E-state index contributed by atoms with van der Waals surface area (Å²) in [4.78, 5) is 0. The zero-order valence-electron chi connectivity index (χ0n) is 18.8. The standard InChI is InChI=1S/C23H46O4/c1-6-11-12-13-14-15-18-22(19-16-17-21-24-20-7-2)23(25-8-3,26-9-4)27-10-5/h7,20,22H,6,8-19,21H2,1-5H3. The highest BCUT2D eigenvalue weighted by molar-refractivity contribution is 4.73. The van der Waals surface area contributed by atoms with Crippen molar-refractivity contribution in [3.05, 3.63) is 12.3 Å². The third kappa shape index (κ3) is 12.5. The molecule has 0 aromatic rings. The molecule has 4 heteroatoms. The molecule has 0 aliphatic rings. The molecular weight excluding hydrogens is 340 g/mol. The fourth-order valence-electron chi connectivity index (χ4n) is 3.49. The molecule has 0 aliphatic carbocycles. The molecule has 162 valence electrons. The van der Waals surface area contributed by atoms with E-state index in [2.05, 4.69) is 6.92 Å². The molecule has 0 aliphatic heterocycles.